The van der Waals surface area contributed by atoms with Crippen LogP contribution in [-0.4, -0.2) is 19.2 Å². The van der Waals surface area contributed by atoms with E-state index in [2.05, 4.69) is 51.2 Å². The molecule has 2 nitrogen and oxygen atoms in total. The predicted octanol–water partition coefficient (Wildman–Crippen LogP) is 3.65. The minimum Gasteiger partial charge on any atom is -0.491 e. The van der Waals surface area contributed by atoms with Gasteiger partial charge in [0.2, 0.25) is 0 Å². The SMILES string of the molecule is CC(C)CNCCCc1cccc(OC(C)C)c1. The van der Waals surface area contributed by atoms with Gasteiger partial charge in [-0.25, -0.2) is 0 Å². The molecular weight excluding hydrogens is 222 g/mol. The molecule has 102 valence electrons. The van der Waals surface area contributed by atoms with Crippen LogP contribution in [0.15, 0.2) is 24.3 Å². The first-order valence-electron chi connectivity index (χ1n) is 7.04. The van der Waals surface area contributed by atoms with E-state index in [1.54, 1.807) is 0 Å². The molecule has 18 heavy (non-hydrogen) atoms. The maximum Gasteiger partial charge on any atom is 0.119 e. The molecule has 2 heteroatoms. The van der Waals surface area contributed by atoms with E-state index < -0.39 is 0 Å². The molecule has 1 aromatic carbocycles. The third-order valence-corrected chi connectivity index (χ3v) is 2.64. The fourth-order valence-corrected chi connectivity index (χ4v) is 1.85. The zero-order chi connectivity index (χ0) is 13.4. The minimum atomic E-state index is 0.243. The third-order valence-electron chi connectivity index (χ3n) is 2.64. The number of benzene rings is 1. The Bertz CT molecular complexity index is 334. The first-order chi connectivity index (χ1) is 8.58. The average Bonchev–Trinajstić information content (AvgIpc) is 2.27. The number of aryl methyl sites for hydroxylation is 1. The first-order valence-corrected chi connectivity index (χ1v) is 7.04. The Morgan fingerprint density at radius 3 is 2.61 bits per heavy atom. The van der Waals surface area contributed by atoms with E-state index in [-0.39, 0.29) is 6.10 Å². The first kappa shape index (κ1) is 15.0. The van der Waals surface area contributed by atoms with E-state index in [0.29, 0.717) is 0 Å². The van der Waals surface area contributed by atoms with Crippen molar-refractivity contribution in [1.82, 2.24) is 5.32 Å². The summed E-state index contributed by atoms with van der Waals surface area (Å²) < 4.78 is 5.70. The van der Waals surface area contributed by atoms with Gasteiger partial charge in [-0.3, -0.25) is 0 Å². The highest BCUT2D eigenvalue weighted by Crippen LogP contribution is 2.15. The highest BCUT2D eigenvalue weighted by molar-refractivity contribution is 5.28. The van der Waals surface area contributed by atoms with Crippen LogP contribution in [0.3, 0.4) is 0 Å². The summed E-state index contributed by atoms with van der Waals surface area (Å²) in [6.45, 7) is 10.8. The largest absolute Gasteiger partial charge is 0.491 e. The van der Waals surface area contributed by atoms with Gasteiger partial charge in [0.1, 0.15) is 5.75 Å². The molecule has 0 radical (unpaired) electrons. The highest BCUT2D eigenvalue weighted by atomic mass is 16.5. The molecule has 0 saturated carbocycles. The molecule has 0 fully saturated rings. The molecular formula is C16H27NO. The van der Waals surface area contributed by atoms with E-state index in [0.717, 1.165) is 31.2 Å². The van der Waals surface area contributed by atoms with Crippen molar-refractivity contribution in [3.8, 4) is 5.75 Å². The van der Waals surface area contributed by atoms with Crippen LogP contribution < -0.4 is 10.1 Å². The Hall–Kier alpha value is -1.02. The van der Waals surface area contributed by atoms with Crippen molar-refractivity contribution in [2.45, 2.75) is 46.6 Å². The molecule has 0 bridgehead atoms. The van der Waals surface area contributed by atoms with Gasteiger partial charge in [-0.05, 0) is 63.4 Å². The number of hydrogen-bond acceptors (Lipinski definition) is 2. The second-order valence-corrected chi connectivity index (χ2v) is 5.52. The van der Waals surface area contributed by atoms with Gasteiger partial charge < -0.3 is 10.1 Å². The lowest BCUT2D eigenvalue weighted by atomic mass is 10.1. The summed E-state index contributed by atoms with van der Waals surface area (Å²) in [6.07, 6.45) is 2.53. The van der Waals surface area contributed by atoms with Crippen molar-refractivity contribution in [2.75, 3.05) is 13.1 Å². The van der Waals surface area contributed by atoms with Crippen LogP contribution in [0.4, 0.5) is 0 Å². The topological polar surface area (TPSA) is 21.3 Å². The lowest BCUT2D eigenvalue weighted by Crippen LogP contribution is -2.21. The van der Waals surface area contributed by atoms with Gasteiger partial charge in [-0.15, -0.1) is 0 Å². The van der Waals surface area contributed by atoms with E-state index in [1.165, 1.54) is 12.0 Å². The van der Waals surface area contributed by atoms with Gasteiger partial charge in [0.15, 0.2) is 0 Å². The van der Waals surface area contributed by atoms with Crippen molar-refractivity contribution >= 4 is 0 Å². The van der Waals surface area contributed by atoms with Gasteiger partial charge in [0.05, 0.1) is 6.10 Å². The Morgan fingerprint density at radius 1 is 1.17 bits per heavy atom. The summed E-state index contributed by atoms with van der Waals surface area (Å²) in [5.41, 5.74) is 1.36. The second-order valence-electron chi connectivity index (χ2n) is 5.52. The Balaban J connectivity index is 2.29. The van der Waals surface area contributed by atoms with Crippen molar-refractivity contribution < 1.29 is 4.74 Å². The van der Waals surface area contributed by atoms with Crippen molar-refractivity contribution in [2.24, 2.45) is 5.92 Å². The minimum absolute atomic E-state index is 0.243. The molecule has 1 N–H and O–H groups in total. The molecule has 1 aromatic rings. The molecule has 0 spiro atoms. The number of ether oxygens (including phenoxy) is 1. The standard InChI is InChI=1S/C16H27NO/c1-13(2)12-17-10-6-8-15-7-5-9-16(11-15)18-14(3)4/h5,7,9,11,13-14,17H,6,8,10,12H2,1-4H3. The average molecular weight is 249 g/mol. The van der Waals surface area contributed by atoms with E-state index in [1.807, 2.05) is 6.07 Å². The third kappa shape index (κ3) is 6.65. The molecule has 0 amide bonds. The smallest absolute Gasteiger partial charge is 0.119 e. The van der Waals surface area contributed by atoms with Crippen LogP contribution >= 0.6 is 0 Å². The summed E-state index contributed by atoms with van der Waals surface area (Å²) in [6, 6.07) is 8.44. The molecule has 0 aliphatic rings. The summed E-state index contributed by atoms with van der Waals surface area (Å²) >= 11 is 0. The molecule has 0 atom stereocenters. The van der Waals surface area contributed by atoms with E-state index in [4.69, 9.17) is 4.74 Å². The van der Waals surface area contributed by atoms with Crippen LogP contribution in [0.5, 0.6) is 5.75 Å². The van der Waals surface area contributed by atoms with E-state index in [9.17, 15) is 0 Å². The van der Waals surface area contributed by atoms with Crippen molar-refractivity contribution in [3.05, 3.63) is 29.8 Å². The molecule has 1 rings (SSSR count). The lowest BCUT2D eigenvalue weighted by molar-refractivity contribution is 0.242. The molecule has 0 aliphatic carbocycles. The van der Waals surface area contributed by atoms with Gasteiger partial charge in [-0.2, -0.15) is 0 Å². The molecule has 0 heterocycles. The van der Waals surface area contributed by atoms with Crippen molar-refractivity contribution in [3.63, 3.8) is 0 Å². The fraction of sp³-hybridized carbons (Fsp3) is 0.625. The van der Waals surface area contributed by atoms with Crippen LogP contribution in [0.25, 0.3) is 0 Å². The van der Waals surface area contributed by atoms with Crippen LogP contribution in [0.2, 0.25) is 0 Å². The zero-order valence-corrected chi connectivity index (χ0v) is 12.2. The lowest BCUT2D eigenvalue weighted by Gasteiger charge is -2.11. The van der Waals surface area contributed by atoms with Crippen molar-refractivity contribution in [1.29, 1.82) is 0 Å². The normalized spacial score (nSPS) is 11.2. The zero-order valence-electron chi connectivity index (χ0n) is 12.2. The maximum atomic E-state index is 5.70. The number of hydrogen-bond donors (Lipinski definition) is 1. The maximum absolute atomic E-state index is 5.70. The van der Waals surface area contributed by atoms with Crippen LogP contribution in [-0.2, 0) is 6.42 Å². The van der Waals surface area contributed by atoms with Crippen LogP contribution in [0.1, 0.15) is 39.7 Å². The van der Waals surface area contributed by atoms with Gasteiger partial charge in [0, 0.05) is 0 Å². The summed E-state index contributed by atoms with van der Waals surface area (Å²) in [7, 11) is 0. The number of nitrogens with one attached hydrogen (secondary N) is 1. The number of rotatable bonds is 8. The second kappa shape index (κ2) is 8.15. The van der Waals surface area contributed by atoms with E-state index >= 15 is 0 Å². The molecule has 0 saturated heterocycles. The highest BCUT2D eigenvalue weighted by Gasteiger charge is 2.00. The summed E-state index contributed by atoms with van der Waals surface area (Å²) in [5.74, 6) is 1.71. The molecule has 0 unspecified atom stereocenters. The van der Waals surface area contributed by atoms with Gasteiger partial charge in [0.25, 0.3) is 0 Å². The molecule has 0 aliphatic heterocycles. The Labute approximate surface area is 112 Å². The fourth-order valence-electron chi connectivity index (χ4n) is 1.85. The Morgan fingerprint density at radius 2 is 1.94 bits per heavy atom. The predicted molar refractivity (Wildman–Crippen MR) is 78.2 cm³/mol. The molecule has 0 aromatic heterocycles. The van der Waals surface area contributed by atoms with Crippen LogP contribution in [0, 0.1) is 5.92 Å². The quantitative estimate of drug-likeness (QED) is 0.710. The van der Waals surface area contributed by atoms with Gasteiger partial charge >= 0.3 is 0 Å². The monoisotopic (exact) mass is 249 g/mol. The van der Waals surface area contributed by atoms with Gasteiger partial charge in [-0.1, -0.05) is 26.0 Å². The summed E-state index contributed by atoms with van der Waals surface area (Å²) in [5, 5.41) is 3.47. The Kier molecular flexibility index (Phi) is 6.81. The summed E-state index contributed by atoms with van der Waals surface area (Å²) in [4.78, 5) is 0.